The highest BCUT2D eigenvalue weighted by molar-refractivity contribution is 7.80. The highest BCUT2D eigenvalue weighted by atomic mass is 32.2. The number of anilines is 1. The van der Waals surface area contributed by atoms with Crippen LogP contribution in [0.1, 0.15) is 11.1 Å². The lowest BCUT2D eigenvalue weighted by Gasteiger charge is -2.29. The zero-order chi connectivity index (χ0) is 19.6. The Hall–Kier alpha value is -2.97. The van der Waals surface area contributed by atoms with Crippen molar-refractivity contribution in [2.45, 2.75) is 13.3 Å². The number of methoxy groups -OCH3 is 1. The molecule has 0 radical (unpaired) electrons. The van der Waals surface area contributed by atoms with Crippen LogP contribution in [-0.4, -0.2) is 26.5 Å². The summed E-state index contributed by atoms with van der Waals surface area (Å²) in [4.78, 5) is 24.6. The van der Waals surface area contributed by atoms with Crippen LogP contribution in [0.5, 0.6) is 0 Å². The molecule has 140 valence electrons. The summed E-state index contributed by atoms with van der Waals surface area (Å²) in [5.41, 5.74) is 0.491. The molecule has 1 unspecified atom stereocenters. The van der Waals surface area contributed by atoms with E-state index in [1.165, 1.54) is 13.3 Å². The van der Waals surface area contributed by atoms with Gasteiger partial charge in [-0.25, -0.2) is 9.09 Å². The molecular formula is C19H17N2O5S-. The maximum absolute atomic E-state index is 12.9. The van der Waals surface area contributed by atoms with Crippen LogP contribution in [0.15, 0.2) is 59.5 Å². The van der Waals surface area contributed by atoms with E-state index in [4.69, 9.17) is 0 Å². The van der Waals surface area contributed by atoms with Crippen molar-refractivity contribution in [1.82, 2.24) is 4.68 Å². The van der Waals surface area contributed by atoms with Crippen LogP contribution in [0.3, 0.4) is 0 Å². The maximum atomic E-state index is 12.9. The molecule has 0 aliphatic carbocycles. The van der Waals surface area contributed by atoms with E-state index >= 15 is 0 Å². The maximum Gasteiger partial charge on any atom is 0.310 e. The van der Waals surface area contributed by atoms with Crippen molar-refractivity contribution in [3.63, 3.8) is 0 Å². The Labute approximate surface area is 158 Å². The Balaban J connectivity index is 2.22. The van der Waals surface area contributed by atoms with Gasteiger partial charge in [-0.3, -0.25) is 13.8 Å². The molecule has 3 rings (SSSR count). The third-order valence-electron chi connectivity index (χ3n) is 4.27. The lowest BCUT2D eigenvalue weighted by Crippen LogP contribution is -2.41. The third-order valence-corrected chi connectivity index (χ3v) is 4.92. The SMILES string of the molecule is COC(=O)Cc1c(C)ccn(N(c2cccc3ccccc23)S(=O)[O-])c1=O. The molecule has 0 amide bonds. The molecule has 0 saturated carbocycles. The van der Waals surface area contributed by atoms with Gasteiger partial charge in [-0.15, -0.1) is 0 Å². The number of esters is 1. The first kappa shape index (κ1) is 18.8. The number of carbonyl (C=O) groups excluding carboxylic acids is 1. The molecule has 1 atom stereocenters. The molecule has 1 aromatic heterocycles. The molecule has 1 heterocycles. The molecule has 27 heavy (non-hydrogen) atoms. The number of rotatable bonds is 5. The predicted molar refractivity (Wildman–Crippen MR) is 102 cm³/mol. The minimum absolute atomic E-state index is 0.181. The molecule has 0 aliphatic heterocycles. The average molecular weight is 385 g/mol. The number of aryl methyl sites for hydroxylation is 1. The summed E-state index contributed by atoms with van der Waals surface area (Å²) in [6.45, 7) is 1.68. The Kier molecular flexibility index (Phi) is 5.38. The Morgan fingerprint density at radius 3 is 2.59 bits per heavy atom. The minimum Gasteiger partial charge on any atom is -0.754 e. The van der Waals surface area contributed by atoms with Gasteiger partial charge in [-0.1, -0.05) is 36.4 Å². The van der Waals surface area contributed by atoms with Gasteiger partial charge in [0.1, 0.15) is 0 Å². The lowest BCUT2D eigenvalue weighted by molar-refractivity contribution is -0.139. The summed E-state index contributed by atoms with van der Waals surface area (Å²) in [7, 11) is 1.23. The van der Waals surface area contributed by atoms with E-state index in [0.29, 0.717) is 16.6 Å². The summed E-state index contributed by atoms with van der Waals surface area (Å²) in [6, 6.07) is 14.0. The van der Waals surface area contributed by atoms with Crippen molar-refractivity contribution in [2.24, 2.45) is 0 Å². The Morgan fingerprint density at radius 1 is 1.19 bits per heavy atom. The summed E-state index contributed by atoms with van der Waals surface area (Å²) in [5, 5.41) is 1.51. The molecule has 3 aromatic rings. The molecule has 0 spiro atoms. The van der Waals surface area contributed by atoms with Crippen molar-refractivity contribution in [1.29, 1.82) is 0 Å². The second kappa shape index (κ2) is 7.73. The van der Waals surface area contributed by atoms with Gasteiger partial charge in [0.05, 0.1) is 30.5 Å². The minimum atomic E-state index is -2.77. The molecule has 0 fully saturated rings. The molecule has 0 aliphatic rings. The number of benzene rings is 2. The molecule has 7 nitrogen and oxygen atoms in total. The third kappa shape index (κ3) is 3.62. The Morgan fingerprint density at radius 2 is 1.89 bits per heavy atom. The molecule has 8 heteroatoms. The van der Waals surface area contributed by atoms with Crippen LogP contribution in [0.25, 0.3) is 10.8 Å². The van der Waals surface area contributed by atoms with E-state index in [1.807, 2.05) is 18.2 Å². The molecule has 0 N–H and O–H groups in total. The fourth-order valence-corrected chi connectivity index (χ4v) is 3.47. The Bertz CT molecular complexity index is 1090. The van der Waals surface area contributed by atoms with Crippen molar-refractivity contribution in [3.05, 3.63) is 76.2 Å². The molecule has 0 saturated heterocycles. The lowest BCUT2D eigenvalue weighted by atomic mass is 10.1. The van der Waals surface area contributed by atoms with Gasteiger partial charge in [-0.05, 0) is 30.0 Å². The van der Waals surface area contributed by atoms with Gasteiger partial charge in [0.15, 0.2) is 0 Å². The topological polar surface area (TPSA) is 91.7 Å². The fraction of sp³-hybridized carbons (Fsp3) is 0.158. The van der Waals surface area contributed by atoms with Crippen LogP contribution < -0.4 is 9.97 Å². The predicted octanol–water partition coefficient (Wildman–Crippen LogP) is 2.09. The zero-order valence-electron chi connectivity index (χ0n) is 14.7. The van der Waals surface area contributed by atoms with Crippen LogP contribution in [0.4, 0.5) is 5.69 Å². The van der Waals surface area contributed by atoms with Gasteiger partial charge >= 0.3 is 5.97 Å². The van der Waals surface area contributed by atoms with Crippen LogP contribution in [0.2, 0.25) is 0 Å². The van der Waals surface area contributed by atoms with Gasteiger partial charge in [0.2, 0.25) is 0 Å². The summed E-state index contributed by atoms with van der Waals surface area (Å²) in [6.07, 6.45) is 1.13. The summed E-state index contributed by atoms with van der Waals surface area (Å²) in [5.74, 6) is -0.576. The molecule has 0 bridgehead atoms. The monoisotopic (exact) mass is 385 g/mol. The average Bonchev–Trinajstić information content (AvgIpc) is 2.66. The zero-order valence-corrected chi connectivity index (χ0v) is 15.6. The van der Waals surface area contributed by atoms with Crippen LogP contribution in [-0.2, 0) is 27.2 Å². The van der Waals surface area contributed by atoms with Crippen molar-refractivity contribution in [3.8, 4) is 0 Å². The number of fused-ring (bicyclic) bond motifs is 1. The van der Waals surface area contributed by atoms with Crippen molar-refractivity contribution < 1.29 is 18.3 Å². The number of nitrogens with zero attached hydrogens (tertiary/aromatic N) is 2. The number of hydrogen-bond acceptors (Lipinski definition) is 5. The number of aromatic nitrogens is 1. The summed E-state index contributed by atoms with van der Waals surface area (Å²) < 4.78 is 30.6. The second-order valence-electron chi connectivity index (χ2n) is 5.87. The van der Waals surface area contributed by atoms with E-state index < -0.39 is 22.8 Å². The van der Waals surface area contributed by atoms with Crippen LogP contribution >= 0.6 is 0 Å². The van der Waals surface area contributed by atoms with E-state index in [1.54, 1.807) is 37.3 Å². The number of hydrogen-bond donors (Lipinski definition) is 0. The first-order valence-electron chi connectivity index (χ1n) is 8.09. The summed E-state index contributed by atoms with van der Waals surface area (Å²) >= 11 is -2.77. The van der Waals surface area contributed by atoms with Crippen LogP contribution in [0, 0.1) is 6.92 Å². The van der Waals surface area contributed by atoms with E-state index in [-0.39, 0.29) is 12.0 Å². The van der Waals surface area contributed by atoms with E-state index in [9.17, 15) is 18.4 Å². The smallest absolute Gasteiger partial charge is 0.310 e. The van der Waals surface area contributed by atoms with Gasteiger partial charge in [-0.2, -0.15) is 0 Å². The van der Waals surface area contributed by atoms with Gasteiger partial charge in [0.25, 0.3) is 5.56 Å². The largest absolute Gasteiger partial charge is 0.754 e. The number of carbonyl (C=O) groups is 1. The molecular weight excluding hydrogens is 368 g/mol. The van der Waals surface area contributed by atoms with Crippen molar-refractivity contribution >= 4 is 33.7 Å². The van der Waals surface area contributed by atoms with Gasteiger partial charge < -0.3 is 9.29 Å². The highest BCUT2D eigenvalue weighted by Gasteiger charge is 2.18. The van der Waals surface area contributed by atoms with E-state index in [0.717, 1.165) is 14.5 Å². The number of ether oxygens (including phenoxy) is 1. The number of pyridine rings is 1. The second-order valence-corrected chi connectivity index (χ2v) is 6.65. The standard InChI is InChI=1S/C19H18N2O5S/c1-13-10-11-20(19(23)16(13)12-18(22)26-2)21(27(24)25)17-9-5-7-14-6-3-4-8-15(14)17/h3-11H,12H2,1-2H3,(H,24,25)/p-1. The normalized spacial score (nSPS) is 12.0. The quantitative estimate of drug-likeness (QED) is 0.495. The van der Waals surface area contributed by atoms with Crippen molar-refractivity contribution in [2.75, 3.05) is 11.5 Å². The fourth-order valence-electron chi connectivity index (χ4n) is 2.88. The molecule has 2 aromatic carbocycles. The first-order valence-corrected chi connectivity index (χ1v) is 9.12. The van der Waals surface area contributed by atoms with Gasteiger partial charge in [0, 0.05) is 17.1 Å². The first-order chi connectivity index (χ1) is 12.9. The van der Waals surface area contributed by atoms with E-state index in [2.05, 4.69) is 4.74 Å². The highest BCUT2D eigenvalue weighted by Crippen LogP contribution is 2.27.